The third kappa shape index (κ3) is 4.06. The zero-order chi connectivity index (χ0) is 20.5. The molecule has 0 saturated carbocycles. The molecule has 1 amide bonds. The van der Waals surface area contributed by atoms with Crippen LogP contribution in [0.4, 0.5) is 13.2 Å². The summed E-state index contributed by atoms with van der Waals surface area (Å²) in [5, 5.41) is 10.6. The Morgan fingerprint density at radius 3 is 2.61 bits per heavy atom. The fourth-order valence-electron chi connectivity index (χ4n) is 2.87. The minimum Gasteiger partial charge on any atom is -0.347 e. The SMILES string of the molecule is CCc1nnsc1C(=O)NCc1ccc(-n2nc(C)cc2C)cc1C(F)(F)F. The van der Waals surface area contributed by atoms with E-state index in [0.717, 1.165) is 23.3 Å². The van der Waals surface area contributed by atoms with E-state index in [-0.39, 0.29) is 12.1 Å². The molecule has 0 spiro atoms. The molecule has 0 saturated heterocycles. The van der Waals surface area contributed by atoms with Crippen molar-refractivity contribution in [1.82, 2.24) is 24.7 Å². The van der Waals surface area contributed by atoms with Crippen LogP contribution in [0.15, 0.2) is 24.3 Å². The topological polar surface area (TPSA) is 72.7 Å². The Kier molecular flexibility index (Phi) is 5.50. The molecular formula is C18H18F3N5OS. The summed E-state index contributed by atoms with van der Waals surface area (Å²) < 4.78 is 46.0. The van der Waals surface area contributed by atoms with Crippen LogP contribution in [-0.2, 0) is 19.1 Å². The molecule has 0 aliphatic rings. The molecule has 3 aromatic rings. The Labute approximate surface area is 163 Å². The maximum Gasteiger partial charge on any atom is 0.416 e. The lowest BCUT2D eigenvalue weighted by atomic mass is 10.1. The molecule has 0 bridgehead atoms. The Bertz CT molecular complexity index is 1010. The molecule has 0 fully saturated rings. The molecule has 0 radical (unpaired) electrons. The van der Waals surface area contributed by atoms with Crippen molar-refractivity contribution in [3.8, 4) is 5.69 Å². The summed E-state index contributed by atoms with van der Waals surface area (Å²) in [6.07, 6.45) is -4.04. The van der Waals surface area contributed by atoms with Crippen LogP contribution in [0.25, 0.3) is 5.69 Å². The van der Waals surface area contributed by atoms with E-state index in [1.165, 1.54) is 10.7 Å². The first-order valence-electron chi connectivity index (χ1n) is 8.54. The van der Waals surface area contributed by atoms with E-state index >= 15 is 0 Å². The molecule has 10 heteroatoms. The van der Waals surface area contributed by atoms with Gasteiger partial charge >= 0.3 is 6.18 Å². The van der Waals surface area contributed by atoms with E-state index in [4.69, 9.17) is 0 Å². The summed E-state index contributed by atoms with van der Waals surface area (Å²) >= 11 is 0.924. The second-order valence-corrected chi connectivity index (χ2v) is 7.02. The van der Waals surface area contributed by atoms with Gasteiger partial charge in [-0.05, 0) is 55.6 Å². The third-order valence-corrected chi connectivity index (χ3v) is 4.96. The minimum atomic E-state index is -4.56. The largest absolute Gasteiger partial charge is 0.416 e. The number of rotatable bonds is 5. The predicted octanol–water partition coefficient (Wildman–Crippen LogP) is 3.85. The summed E-state index contributed by atoms with van der Waals surface area (Å²) in [6.45, 7) is 5.12. The quantitative estimate of drug-likeness (QED) is 0.695. The molecule has 2 aromatic heterocycles. The highest BCUT2D eigenvalue weighted by Gasteiger charge is 2.34. The second kappa shape index (κ2) is 7.70. The Balaban J connectivity index is 1.88. The minimum absolute atomic E-state index is 0.0262. The normalized spacial score (nSPS) is 11.6. The molecule has 2 heterocycles. The van der Waals surface area contributed by atoms with E-state index in [2.05, 4.69) is 20.0 Å². The first kappa shape index (κ1) is 20.0. The fraction of sp³-hybridized carbons (Fsp3) is 0.333. The van der Waals surface area contributed by atoms with Crippen LogP contribution in [0.3, 0.4) is 0 Å². The van der Waals surface area contributed by atoms with Crippen molar-refractivity contribution in [2.75, 3.05) is 0 Å². The maximum absolute atomic E-state index is 13.6. The van der Waals surface area contributed by atoms with Gasteiger partial charge in [-0.15, -0.1) is 5.10 Å². The van der Waals surface area contributed by atoms with Gasteiger partial charge in [0.1, 0.15) is 4.88 Å². The van der Waals surface area contributed by atoms with Gasteiger partial charge in [-0.25, -0.2) is 4.68 Å². The number of halogens is 3. The molecule has 0 unspecified atom stereocenters. The molecule has 148 valence electrons. The van der Waals surface area contributed by atoms with E-state index < -0.39 is 17.6 Å². The highest BCUT2D eigenvalue weighted by Crippen LogP contribution is 2.33. The van der Waals surface area contributed by atoms with Gasteiger partial charge in [-0.3, -0.25) is 4.79 Å². The van der Waals surface area contributed by atoms with Crippen molar-refractivity contribution >= 4 is 17.4 Å². The van der Waals surface area contributed by atoms with Crippen LogP contribution in [0.5, 0.6) is 0 Å². The van der Waals surface area contributed by atoms with Crippen molar-refractivity contribution in [3.05, 3.63) is 57.4 Å². The highest BCUT2D eigenvalue weighted by atomic mass is 32.1. The number of carbonyl (C=O) groups excluding carboxylic acids is 1. The lowest BCUT2D eigenvalue weighted by Crippen LogP contribution is -2.25. The van der Waals surface area contributed by atoms with Crippen LogP contribution >= 0.6 is 11.5 Å². The maximum atomic E-state index is 13.6. The lowest BCUT2D eigenvalue weighted by molar-refractivity contribution is -0.138. The number of carbonyl (C=O) groups is 1. The Hall–Kier alpha value is -2.75. The molecule has 6 nitrogen and oxygen atoms in total. The summed E-state index contributed by atoms with van der Waals surface area (Å²) in [6, 6.07) is 5.75. The van der Waals surface area contributed by atoms with Crippen molar-refractivity contribution in [3.63, 3.8) is 0 Å². The van der Waals surface area contributed by atoms with Gasteiger partial charge < -0.3 is 5.32 Å². The van der Waals surface area contributed by atoms with Crippen molar-refractivity contribution in [2.45, 2.75) is 39.9 Å². The van der Waals surface area contributed by atoms with E-state index in [1.54, 1.807) is 26.0 Å². The van der Waals surface area contributed by atoms with Crippen molar-refractivity contribution in [2.24, 2.45) is 0 Å². The van der Waals surface area contributed by atoms with Gasteiger partial charge in [0.15, 0.2) is 0 Å². The molecular weight excluding hydrogens is 391 g/mol. The third-order valence-electron chi connectivity index (χ3n) is 4.19. The standard InChI is InChI=1S/C18H18F3N5OS/c1-4-15-16(28-25-23-15)17(27)22-9-12-5-6-13(8-14(12)18(19,20)21)26-11(3)7-10(2)24-26/h5-8H,4,9H2,1-3H3,(H,22,27). The number of benzene rings is 1. The highest BCUT2D eigenvalue weighted by molar-refractivity contribution is 7.08. The Morgan fingerprint density at radius 1 is 1.25 bits per heavy atom. The molecule has 1 N–H and O–H groups in total. The van der Waals surface area contributed by atoms with Gasteiger partial charge in [0, 0.05) is 12.2 Å². The van der Waals surface area contributed by atoms with E-state index in [9.17, 15) is 18.0 Å². The lowest BCUT2D eigenvalue weighted by Gasteiger charge is -2.16. The second-order valence-electron chi connectivity index (χ2n) is 6.26. The van der Waals surface area contributed by atoms with Crippen LogP contribution in [-0.4, -0.2) is 25.3 Å². The van der Waals surface area contributed by atoms with Gasteiger partial charge in [-0.2, -0.15) is 18.3 Å². The first-order valence-corrected chi connectivity index (χ1v) is 9.31. The van der Waals surface area contributed by atoms with Crippen LogP contribution < -0.4 is 5.32 Å². The summed E-state index contributed by atoms with van der Waals surface area (Å²) in [5.74, 6) is -0.484. The molecule has 0 atom stereocenters. The number of aryl methyl sites for hydroxylation is 3. The average Bonchev–Trinajstić information content (AvgIpc) is 3.24. The number of nitrogens with zero attached hydrogens (tertiary/aromatic N) is 4. The van der Waals surface area contributed by atoms with Crippen molar-refractivity contribution in [1.29, 1.82) is 0 Å². The summed E-state index contributed by atoms with van der Waals surface area (Å²) in [5.41, 5.74) is 1.45. The van der Waals surface area contributed by atoms with Crippen molar-refractivity contribution < 1.29 is 18.0 Å². The van der Waals surface area contributed by atoms with Crippen LogP contribution in [0.1, 0.15) is 44.8 Å². The molecule has 1 aromatic carbocycles. The molecule has 0 aliphatic heterocycles. The number of nitrogens with one attached hydrogen (secondary N) is 1. The predicted molar refractivity (Wildman–Crippen MR) is 98.5 cm³/mol. The zero-order valence-corrected chi connectivity index (χ0v) is 16.3. The average molecular weight is 409 g/mol. The number of amides is 1. The fourth-order valence-corrected chi connectivity index (χ4v) is 3.54. The van der Waals surface area contributed by atoms with Gasteiger partial charge in [0.05, 0.1) is 22.6 Å². The van der Waals surface area contributed by atoms with E-state index in [0.29, 0.717) is 28.4 Å². The number of alkyl halides is 3. The number of hydrogen-bond acceptors (Lipinski definition) is 5. The van der Waals surface area contributed by atoms with E-state index in [1.807, 2.05) is 6.92 Å². The zero-order valence-electron chi connectivity index (χ0n) is 15.5. The molecule has 3 rings (SSSR count). The Morgan fingerprint density at radius 2 is 2.00 bits per heavy atom. The number of hydrogen-bond donors (Lipinski definition) is 1. The smallest absolute Gasteiger partial charge is 0.347 e. The van der Waals surface area contributed by atoms with Crippen LogP contribution in [0.2, 0.25) is 0 Å². The van der Waals surface area contributed by atoms with Gasteiger partial charge in [0.25, 0.3) is 5.91 Å². The van der Waals surface area contributed by atoms with Gasteiger partial charge in [0.2, 0.25) is 0 Å². The number of aromatic nitrogens is 4. The molecule has 28 heavy (non-hydrogen) atoms. The monoisotopic (exact) mass is 409 g/mol. The summed E-state index contributed by atoms with van der Waals surface area (Å²) in [7, 11) is 0. The van der Waals surface area contributed by atoms with Gasteiger partial charge in [-0.1, -0.05) is 17.5 Å². The van der Waals surface area contributed by atoms with Crippen LogP contribution in [0, 0.1) is 13.8 Å². The molecule has 0 aliphatic carbocycles. The summed E-state index contributed by atoms with van der Waals surface area (Å²) in [4.78, 5) is 12.6. The first-order chi connectivity index (χ1) is 13.2.